The topological polar surface area (TPSA) is 98.3 Å². The van der Waals surface area contributed by atoms with E-state index in [0.29, 0.717) is 34.8 Å². The molecule has 3 aromatic carbocycles. The highest BCUT2D eigenvalue weighted by molar-refractivity contribution is 6.32. The van der Waals surface area contributed by atoms with E-state index in [-0.39, 0.29) is 34.6 Å². The van der Waals surface area contributed by atoms with Crippen molar-refractivity contribution in [2.75, 3.05) is 39.1 Å². The van der Waals surface area contributed by atoms with E-state index in [1.165, 1.54) is 7.11 Å². The predicted octanol–water partition coefficient (Wildman–Crippen LogP) is 6.06. The number of hydrogen-bond donors (Lipinski definition) is 3. The van der Waals surface area contributed by atoms with Crippen LogP contribution in [0.25, 0.3) is 0 Å². The molecule has 8 nitrogen and oxygen atoms in total. The van der Waals surface area contributed by atoms with Crippen molar-refractivity contribution >= 4 is 28.8 Å². The maximum Gasteiger partial charge on any atom is 0.203 e. The fraction of sp³-hybridized carbons (Fsp3) is 0.276. The van der Waals surface area contributed by atoms with Gasteiger partial charge in [-0.1, -0.05) is 23.7 Å². The molecule has 0 saturated heterocycles. The molecule has 3 N–H and O–H groups in total. The van der Waals surface area contributed by atoms with E-state index in [1.807, 2.05) is 36.4 Å². The van der Waals surface area contributed by atoms with Gasteiger partial charge in [0, 0.05) is 17.7 Å². The zero-order valence-corrected chi connectivity index (χ0v) is 22.3. The number of phenolic OH excluding ortho intramolecular Hbond substituents is 1. The van der Waals surface area contributed by atoms with Gasteiger partial charge in [0.25, 0.3) is 0 Å². The van der Waals surface area contributed by atoms with Gasteiger partial charge in [-0.25, -0.2) is 0 Å². The Balaban J connectivity index is 1.62. The SMILES string of the molecule is COc1cc([C@@H]2Nc3ccccc3NC3=C2C(=O)C[C@@H](c2cc(OC)c(OC)c(OC)c2)C3)cc(Cl)c1O. The third kappa shape index (κ3) is 4.45. The summed E-state index contributed by atoms with van der Waals surface area (Å²) in [7, 11) is 6.17. The summed E-state index contributed by atoms with van der Waals surface area (Å²) in [6.07, 6.45) is 0.867. The highest BCUT2D eigenvalue weighted by atomic mass is 35.5. The van der Waals surface area contributed by atoms with E-state index in [0.717, 1.165) is 22.6 Å². The number of hydrogen-bond acceptors (Lipinski definition) is 8. The van der Waals surface area contributed by atoms with Crippen molar-refractivity contribution in [1.82, 2.24) is 0 Å². The first-order chi connectivity index (χ1) is 18.4. The summed E-state index contributed by atoms with van der Waals surface area (Å²) in [4.78, 5) is 13.9. The molecule has 9 heteroatoms. The van der Waals surface area contributed by atoms with Crippen LogP contribution >= 0.6 is 11.6 Å². The van der Waals surface area contributed by atoms with Gasteiger partial charge in [-0.2, -0.15) is 0 Å². The van der Waals surface area contributed by atoms with Gasteiger partial charge in [0.05, 0.1) is 50.9 Å². The zero-order valence-electron chi connectivity index (χ0n) is 21.6. The molecule has 5 rings (SSSR count). The number of aromatic hydroxyl groups is 1. The molecule has 1 heterocycles. The number of ether oxygens (including phenoxy) is 4. The molecule has 2 atom stereocenters. The number of rotatable bonds is 6. The molecule has 2 aliphatic rings. The van der Waals surface area contributed by atoms with Crippen molar-refractivity contribution in [3.63, 3.8) is 0 Å². The molecular formula is C29H29ClN2O6. The molecule has 0 amide bonds. The number of anilines is 2. The maximum absolute atomic E-state index is 13.9. The summed E-state index contributed by atoms with van der Waals surface area (Å²) in [5.74, 6) is 1.55. The van der Waals surface area contributed by atoms with E-state index in [9.17, 15) is 9.90 Å². The van der Waals surface area contributed by atoms with Crippen LogP contribution in [0.5, 0.6) is 28.7 Å². The van der Waals surface area contributed by atoms with Crippen LogP contribution < -0.4 is 29.6 Å². The van der Waals surface area contributed by atoms with Crippen molar-refractivity contribution in [2.45, 2.75) is 24.8 Å². The number of carbonyl (C=O) groups is 1. The smallest absolute Gasteiger partial charge is 0.203 e. The second kappa shape index (κ2) is 10.4. The third-order valence-electron chi connectivity index (χ3n) is 7.07. The Hall–Kier alpha value is -4.04. The summed E-state index contributed by atoms with van der Waals surface area (Å²) in [6, 6.07) is 14.4. The molecule has 0 saturated carbocycles. The average molecular weight is 537 g/mol. The summed E-state index contributed by atoms with van der Waals surface area (Å²) >= 11 is 6.35. The first kappa shape index (κ1) is 25.6. The molecule has 0 bridgehead atoms. The Morgan fingerprint density at radius 1 is 0.842 bits per heavy atom. The lowest BCUT2D eigenvalue weighted by molar-refractivity contribution is -0.116. The third-order valence-corrected chi connectivity index (χ3v) is 7.36. The lowest BCUT2D eigenvalue weighted by atomic mass is 9.78. The van der Waals surface area contributed by atoms with E-state index in [2.05, 4.69) is 10.6 Å². The Morgan fingerprint density at radius 2 is 1.47 bits per heavy atom. The maximum atomic E-state index is 13.9. The number of halogens is 1. The highest BCUT2D eigenvalue weighted by Gasteiger charge is 2.37. The number of Topliss-reactive ketones (excluding diaryl/α,β-unsaturated/α-hetero) is 1. The molecule has 38 heavy (non-hydrogen) atoms. The number of allylic oxidation sites excluding steroid dienone is 1. The largest absolute Gasteiger partial charge is 0.503 e. The standard InChI is InChI=1S/C29H29ClN2O6/c1-35-23-14-17(9-18(30)28(23)34)27-26-21(31-19-7-5-6-8-20(19)32-27)10-15(11-22(26)33)16-12-24(36-2)29(38-4)25(13-16)37-3/h5-9,12-15,27,31-32,34H,10-11H2,1-4H3/t15-,27-/m0/s1. The minimum atomic E-state index is -0.512. The Morgan fingerprint density at radius 3 is 2.11 bits per heavy atom. The van der Waals surface area contributed by atoms with Crippen molar-refractivity contribution in [2.24, 2.45) is 0 Å². The zero-order chi connectivity index (χ0) is 27.0. The summed E-state index contributed by atoms with van der Waals surface area (Å²) in [5, 5.41) is 17.5. The summed E-state index contributed by atoms with van der Waals surface area (Å²) < 4.78 is 21.9. The molecule has 0 fully saturated rings. The van der Waals surface area contributed by atoms with Crippen LogP contribution in [0.15, 0.2) is 59.8 Å². The van der Waals surface area contributed by atoms with Crippen LogP contribution in [-0.2, 0) is 4.79 Å². The lowest BCUT2D eigenvalue weighted by Gasteiger charge is -2.30. The van der Waals surface area contributed by atoms with Crippen molar-refractivity contribution in [3.8, 4) is 28.7 Å². The minimum absolute atomic E-state index is 0.00836. The fourth-order valence-corrected chi connectivity index (χ4v) is 5.45. The van der Waals surface area contributed by atoms with Gasteiger partial charge in [0.15, 0.2) is 28.8 Å². The van der Waals surface area contributed by atoms with Crippen LogP contribution in [0, 0.1) is 0 Å². The van der Waals surface area contributed by atoms with Crippen LogP contribution in [0.4, 0.5) is 11.4 Å². The highest BCUT2D eigenvalue weighted by Crippen LogP contribution is 2.48. The molecule has 0 unspecified atom stereocenters. The molecule has 1 aliphatic carbocycles. The number of para-hydroxylation sites is 2. The van der Waals surface area contributed by atoms with Crippen LogP contribution in [0.1, 0.15) is 35.9 Å². The van der Waals surface area contributed by atoms with Crippen molar-refractivity contribution in [3.05, 3.63) is 76.0 Å². The Kier molecular flexibility index (Phi) is 6.99. The van der Waals surface area contributed by atoms with E-state index in [1.54, 1.807) is 33.5 Å². The fourth-order valence-electron chi connectivity index (χ4n) is 5.23. The van der Waals surface area contributed by atoms with E-state index < -0.39 is 6.04 Å². The first-order valence-corrected chi connectivity index (χ1v) is 12.5. The van der Waals surface area contributed by atoms with E-state index >= 15 is 0 Å². The van der Waals surface area contributed by atoms with Gasteiger partial charge in [-0.05, 0) is 59.9 Å². The van der Waals surface area contributed by atoms with Gasteiger partial charge < -0.3 is 34.7 Å². The molecule has 198 valence electrons. The molecule has 0 spiro atoms. The minimum Gasteiger partial charge on any atom is -0.503 e. The van der Waals surface area contributed by atoms with Crippen molar-refractivity contribution < 1.29 is 28.8 Å². The van der Waals surface area contributed by atoms with E-state index in [4.69, 9.17) is 30.5 Å². The molecule has 0 radical (unpaired) electrons. The summed E-state index contributed by atoms with van der Waals surface area (Å²) in [5.41, 5.74) is 4.75. The number of fused-ring (bicyclic) bond motifs is 1. The quantitative estimate of drug-likeness (QED) is 0.350. The normalized spacial score (nSPS) is 18.4. The van der Waals surface area contributed by atoms with Gasteiger partial charge in [-0.3, -0.25) is 4.79 Å². The van der Waals surface area contributed by atoms with Crippen LogP contribution in [0.3, 0.4) is 0 Å². The average Bonchev–Trinajstić information content (AvgIpc) is 3.10. The molecular weight excluding hydrogens is 508 g/mol. The number of nitrogens with one attached hydrogen (secondary N) is 2. The number of carbonyl (C=O) groups excluding carboxylic acids is 1. The van der Waals surface area contributed by atoms with Gasteiger partial charge in [0.1, 0.15) is 0 Å². The van der Waals surface area contributed by atoms with Gasteiger partial charge >= 0.3 is 0 Å². The molecule has 1 aliphatic heterocycles. The number of methoxy groups -OCH3 is 4. The number of phenols is 1. The Labute approximate surface area is 226 Å². The lowest BCUT2D eigenvalue weighted by Crippen LogP contribution is -2.27. The van der Waals surface area contributed by atoms with Gasteiger partial charge in [0.2, 0.25) is 5.75 Å². The van der Waals surface area contributed by atoms with Crippen LogP contribution in [0.2, 0.25) is 5.02 Å². The second-order valence-corrected chi connectivity index (χ2v) is 9.59. The monoisotopic (exact) mass is 536 g/mol. The molecule has 0 aromatic heterocycles. The second-order valence-electron chi connectivity index (χ2n) is 9.18. The predicted molar refractivity (Wildman–Crippen MR) is 146 cm³/mol. The number of ketones is 1. The van der Waals surface area contributed by atoms with Crippen LogP contribution in [-0.4, -0.2) is 39.3 Å². The summed E-state index contributed by atoms with van der Waals surface area (Å²) in [6.45, 7) is 0. The van der Waals surface area contributed by atoms with Crippen molar-refractivity contribution in [1.29, 1.82) is 0 Å². The first-order valence-electron chi connectivity index (χ1n) is 12.1. The molecule has 3 aromatic rings. The Bertz CT molecular complexity index is 1410. The number of benzene rings is 3. The van der Waals surface area contributed by atoms with Gasteiger partial charge in [-0.15, -0.1) is 0 Å².